The maximum Gasteiger partial charge on any atom is 0.133 e. The van der Waals surface area contributed by atoms with Gasteiger partial charge in [-0.2, -0.15) is 0 Å². The molecule has 2 aromatic carbocycles. The number of benzene rings is 2. The number of hydrogen-bond donors (Lipinski definition) is 0. The Hall–Kier alpha value is -2.64. The van der Waals surface area contributed by atoms with Crippen molar-refractivity contribution in [3.8, 4) is 11.3 Å². The first-order valence-electron chi connectivity index (χ1n) is 8.98. The van der Waals surface area contributed by atoms with Gasteiger partial charge in [-0.15, -0.1) is 0 Å². The highest BCUT2D eigenvalue weighted by Gasteiger charge is 2.54. The Labute approximate surface area is 158 Å². The lowest BCUT2D eigenvalue weighted by Crippen LogP contribution is -1.85. The average Bonchev–Trinajstić information content (AvgIpc) is 3.39. The molecule has 0 N–H and O–H groups in total. The molecular formula is C24H18ClN. The Morgan fingerprint density at radius 3 is 1.65 bits per heavy atom. The molecule has 0 aromatic heterocycles. The SMILES string of the molecule is Clc1nc2cccccc-2c1C1[C@@H](c2ccccc2)[C@@H]1c1ccccc1. The van der Waals surface area contributed by atoms with E-state index in [1.807, 2.05) is 18.2 Å². The first-order chi connectivity index (χ1) is 12.8. The largest absolute Gasteiger partial charge is 0.236 e. The number of fused-ring (bicyclic) bond motifs is 1. The van der Waals surface area contributed by atoms with Crippen LogP contribution in [0.5, 0.6) is 0 Å². The highest BCUT2D eigenvalue weighted by Crippen LogP contribution is 2.68. The lowest BCUT2D eigenvalue weighted by Gasteiger charge is -2.02. The molecule has 1 saturated carbocycles. The minimum absolute atomic E-state index is 0.361. The van der Waals surface area contributed by atoms with Crippen LogP contribution in [0.4, 0.5) is 0 Å². The molecule has 1 fully saturated rings. The second kappa shape index (κ2) is 6.26. The second-order valence-electron chi connectivity index (χ2n) is 6.92. The van der Waals surface area contributed by atoms with Crippen LogP contribution >= 0.6 is 11.6 Å². The number of hydrogen-bond acceptors (Lipinski definition) is 1. The van der Waals surface area contributed by atoms with Gasteiger partial charge >= 0.3 is 0 Å². The van der Waals surface area contributed by atoms with Gasteiger partial charge in [-0.05, 0) is 29.0 Å². The molecule has 5 rings (SSSR count). The molecule has 1 aliphatic heterocycles. The summed E-state index contributed by atoms with van der Waals surface area (Å²) < 4.78 is 0. The Bertz CT molecular complexity index is 967. The molecule has 1 nitrogen and oxygen atoms in total. The zero-order valence-corrected chi connectivity index (χ0v) is 15.0. The fourth-order valence-electron chi connectivity index (χ4n) is 4.31. The molecule has 2 aliphatic carbocycles. The third-order valence-corrected chi connectivity index (χ3v) is 5.76. The van der Waals surface area contributed by atoms with E-state index in [-0.39, 0.29) is 0 Å². The monoisotopic (exact) mass is 355 g/mol. The fourth-order valence-corrected chi connectivity index (χ4v) is 4.63. The molecule has 0 amide bonds. The first kappa shape index (κ1) is 15.6. The molecule has 2 heteroatoms. The average molecular weight is 356 g/mol. The van der Waals surface area contributed by atoms with Gasteiger partial charge in [-0.3, -0.25) is 0 Å². The van der Waals surface area contributed by atoms with E-state index in [4.69, 9.17) is 11.6 Å². The zero-order chi connectivity index (χ0) is 17.5. The molecule has 0 unspecified atom stereocenters. The molecule has 0 bridgehead atoms. The smallest absolute Gasteiger partial charge is 0.133 e. The summed E-state index contributed by atoms with van der Waals surface area (Å²) in [5.74, 6) is 1.24. The van der Waals surface area contributed by atoms with Crippen LogP contribution in [-0.4, -0.2) is 4.98 Å². The maximum absolute atomic E-state index is 6.64. The molecule has 1 heterocycles. The van der Waals surface area contributed by atoms with Gasteiger partial charge in [0.15, 0.2) is 0 Å². The van der Waals surface area contributed by atoms with E-state index in [1.54, 1.807) is 0 Å². The van der Waals surface area contributed by atoms with E-state index in [0.717, 1.165) is 5.69 Å². The van der Waals surface area contributed by atoms with Gasteiger partial charge in [-0.1, -0.05) is 96.5 Å². The summed E-state index contributed by atoms with van der Waals surface area (Å²) in [6.45, 7) is 0. The van der Waals surface area contributed by atoms with Gasteiger partial charge in [0.25, 0.3) is 0 Å². The fraction of sp³-hybridized carbons (Fsp3) is 0.125. The first-order valence-corrected chi connectivity index (χ1v) is 9.36. The van der Waals surface area contributed by atoms with Crippen molar-refractivity contribution >= 4 is 11.6 Å². The van der Waals surface area contributed by atoms with Crippen molar-refractivity contribution in [1.29, 1.82) is 0 Å². The van der Waals surface area contributed by atoms with Crippen molar-refractivity contribution in [1.82, 2.24) is 4.98 Å². The normalized spacial score (nSPS) is 21.7. The van der Waals surface area contributed by atoms with Gasteiger partial charge in [0.05, 0.1) is 5.69 Å². The summed E-state index contributed by atoms with van der Waals surface area (Å²) >= 11 is 6.64. The summed E-state index contributed by atoms with van der Waals surface area (Å²) in [5.41, 5.74) is 6.08. The molecule has 0 spiro atoms. The third kappa shape index (κ3) is 2.51. The Morgan fingerprint density at radius 2 is 1.08 bits per heavy atom. The maximum atomic E-state index is 6.64. The van der Waals surface area contributed by atoms with Crippen LogP contribution in [0.25, 0.3) is 11.3 Å². The molecule has 26 heavy (non-hydrogen) atoms. The molecule has 2 aromatic rings. The van der Waals surface area contributed by atoms with E-state index in [0.29, 0.717) is 22.9 Å². The lowest BCUT2D eigenvalue weighted by atomic mass is 10.0. The highest BCUT2D eigenvalue weighted by molar-refractivity contribution is 6.31. The van der Waals surface area contributed by atoms with Crippen molar-refractivity contribution in [2.24, 2.45) is 0 Å². The second-order valence-corrected chi connectivity index (χ2v) is 7.28. The molecule has 126 valence electrons. The Balaban J connectivity index is 1.65. The van der Waals surface area contributed by atoms with Gasteiger partial charge in [0, 0.05) is 17.0 Å². The number of nitrogens with zero attached hydrogens (tertiary/aromatic N) is 1. The van der Waals surface area contributed by atoms with Crippen molar-refractivity contribution < 1.29 is 0 Å². The Kier molecular flexibility index (Phi) is 3.76. The van der Waals surface area contributed by atoms with E-state index in [9.17, 15) is 0 Å². The van der Waals surface area contributed by atoms with Gasteiger partial charge < -0.3 is 0 Å². The zero-order valence-electron chi connectivity index (χ0n) is 14.2. The van der Waals surface area contributed by atoms with Crippen molar-refractivity contribution in [2.45, 2.75) is 17.8 Å². The topological polar surface area (TPSA) is 12.9 Å². The van der Waals surface area contributed by atoms with E-state index in [1.165, 1.54) is 22.3 Å². The predicted octanol–water partition coefficient (Wildman–Crippen LogP) is 6.50. The van der Waals surface area contributed by atoms with Crippen LogP contribution in [0.1, 0.15) is 34.4 Å². The van der Waals surface area contributed by atoms with Crippen LogP contribution in [0.15, 0.2) is 91.0 Å². The summed E-state index contributed by atoms with van der Waals surface area (Å²) in [7, 11) is 0. The summed E-state index contributed by atoms with van der Waals surface area (Å²) in [5, 5.41) is 0.649. The molecule has 0 saturated heterocycles. The van der Waals surface area contributed by atoms with Crippen LogP contribution in [0.2, 0.25) is 5.15 Å². The van der Waals surface area contributed by atoms with Crippen molar-refractivity contribution in [3.63, 3.8) is 0 Å². The third-order valence-electron chi connectivity index (χ3n) is 5.47. The van der Waals surface area contributed by atoms with Crippen LogP contribution in [0, 0.1) is 0 Å². The van der Waals surface area contributed by atoms with Crippen LogP contribution in [0.3, 0.4) is 0 Å². The van der Waals surface area contributed by atoms with E-state index < -0.39 is 0 Å². The molecule has 3 aliphatic rings. The highest BCUT2D eigenvalue weighted by atomic mass is 35.5. The molecule has 0 radical (unpaired) electrons. The van der Waals surface area contributed by atoms with Gasteiger partial charge in [0.1, 0.15) is 5.15 Å². The standard InChI is InChI=1S/C24H18ClN/c25-24-22(18-14-8-3-9-15-19(18)26-24)23-20(16-10-4-1-5-11-16)21(23)17-12-6-2-7-13-17/h1-15,20-21,23H/t20-,21-/m0/s1. The Morgan fingerprint density at radius 1 is 0.577 bits per heavy atom. The number of rotatable bonds is 3. The molecule has 2 atom stereocenters. The number of halogens is 1. The number of aromatic nitrogens is 1. The van der Waals surface area contributed by atoms with Gasteiger partial charge in [0.2, 0.25) is 0 Å². The summed E-state index contributed by atoms with van der Waals surface area (Å²) in [4.78, 5) is 4.64. The minimum atomic E-state index is 0.361. The predicted molar refractivity (Wildman–Crippen MR) is 107 cm³/mol. The van der Waals surface area contributed by atoms with E-state index in [2.05, 4.69) is 77.8 Å². The van der Waals surface area contributed by atoms with Crippen molar-refractivity contribution in [3.05, 3.63) is 113 Å². The minimum Gasteiger partial charge on any atom is -0.236 e. The van der Waals surface area contributed by atoms with Crippen molar-refractivity contribution in [2.75, 3.05) is 0 Å². The van der Waals surface area contributed by atoms with Gasteiger partial charge in [-0.25, -0.2) is 4.98 Å². The summed E-state index contributed by atoms with van der Waals surface area (Å²) in [6.07, 6.45) is 0. The van der Waals surface area contributed by atoms with E-state index >= 15 is 0 Å². The van der Waals surface area contributed by atoms with Crippen LogP contribution < -0.4 is 0 Å². The van der Waals surface area contributed by atoms with Crippen LogP contribution in [-0.2, 0) is 0 Å². The summed E-state index contributed by atoms with van der Waals surface area (Å²) in [6, 6.07) is 31.9. The quantitative estimate of drug-likeness (QED) is 0.408. The lowest BCUT2D eigenvalue weighted by molar-refractivity contribution is 1.03. The molecular weight excluding hydrogens is 338 g/mol.